The molecule has 0 saturated carbocycles. The van der Waals surface area contributed by atoms with Crippen LogP contribution in [0.5, 0.6) is 0 Å². The molecule has 1 aliphatic heterocycles. The summed E-state index contributed by atoms with van der Waals surface area (Å²) in [4.78, 5) is 109. The van der Waals surface area contributed by atoms with Crippen LogP contribution in [0.25, 0.3) is 11.1 Å². The number of carboxylic acids is 2. The zero-order valence-corrected chi connectivity index (χ0v) is 44.2. The molecule has 2 atom stereocenters. The third-order valence-corrected chi connectivity index (χ3v) is 13.9. The molecule has 79 heavy (non-hydrogen) atoms. The third kappa shape index (κ3) is 22.6. The predicted molar refractivity (Wildman–Crippen MR) is 274 cm³/mol. The lowest BCUT2D eigenvalue weighted by Crippen LogP contribution is -2.51. The van der Waals surface area contributed by atoms with E-state index >= 15 is 0 Å². The van der Waals surface area contributed by atoms with Gasteiger partial charge in [0.1, 0.15) is 38.9 Å². The van der Waals surface area contributed by atoms with Gasteiger partial charge < -0.3 is 49.2 Å². The summed E-state index contributed by atoms with van der Waals surface area (Å²) in [5.74, 6) is -3.98. The lowest BCUT2D eigenvalue weighted by molar-refractivity contribution is -0.159. The van der Waals surface area contributed by atoms with E-state index in [2.05, 4.69) is 5.32 Å². The van der Waals surface area contributed by atoms with E-state index in [1.54, 1.807) is 71.6 Å². The van der Waals surface area contributed by atoms with Crippen LogP contribution < -0.4 is 10.8 Å². The van der Waals surface area contributed by atoms with Crippen molar-refractivity contribution in [3.8, 4) is 11.1 Å². The van der Waals surface area contributed by atoms with Crippen molar-refractivity contribution in [2.45, 2.75) is 49.5 Å². The number of nitrogens with one attached hydrogen (secondary N) is 2. The fourth-order valence-electron chi connectivity index (χ4n) is 8.05. The van der Waals surface area contributed by atoms with Crippen molar-refractivity contribution >= 4 is 59.3 Å². The van der Waals surface area contributed by atoms with Crippen molar-refractivity contribution in [2.75, 3.05) is 112 Å². The van der Waals surface area contributed by atoms with Crippen molar-refractivity contribution in [1.82, 2.24) is 39.8 Å². The van der Waals surface area contributed by atoms with Gasteiger partial charge in [0.25, 0.3) is 35.3 Å². The molecule has 0 unspecified atom stereocenters. The largest absolute Gasteiger partial charge is 0.480 e. The second kappa shape index (κ2) is 35.3. The molecule has 4 rings (SSSR count). The SMILES string of the molecule is O=COCN(CCN(CCN(COC=O)CC(=O)O)[C@H](CCC(=O)N1CCN(CCOCCON([C@H](CCNC(=O)OCc2ccccc2)C(=O)NO)S(=O)(=O)c2ccc(-c3ccc(CO)cc3)cc2)CC1)C(=O)O)COC=O. The number of alkyl carbamates (subject to hydrolysis) is 1. The van der Waals surface area contributed by atoms with E-state index in [0.29, 0.717) is 48.3 Å². The van der Waals surface area contributed by atoms with E-state index < -0.39 is 59.3 Å². The molecule has 29 heteroatoms. The highest BCUT2D eigenvalue weighted by Crippen LogP contribution is 2.26. The molecule has 0 aliphatic carbocycles. The maximum atomic E-state index is 14.3. The standard InChI is InChI=1S/C50H68N8O20S/c59-31-39-6-8-41(9-7-39)42-10-12-43(13-11-42)79(71,72)58(44(48(66)52-70)16-17-51-50(69)77-32-40-4-2-1-3-5-40)78-29-28-73-27-26-53-18-24-57(25-19-53)46(63)15-14-45(49(67)68)56(22-20-54(30-47(64)65)33-74-36-60)23-21-55(34-75-37-61)35-76-38-62/h1-13,36-38,44-45,59,70H,14-35H2,(H,51,69)(H,52,66)(H,64,65)(H,67,68)/t44-,45-/m1/s1. The Labute approximate surface area is 456 Å². The van der Waals surface area contributed by atoms with Gasteiger partial charge in [-0.1, -0.05) is 71.2 Å². The third-order valence-electron chi connectivity index (χ3n) is 12.2. The average Bonchev–Trinajstić information content (AvgIpc) is 3.53. The van der Waals surface area contributed by atoms with Crippen LogP contribution in [0.1, 0.15) is 30.4 Å². The zero-order valence-electron chi connectivity index (χ0n) is 43.4. The first-order valence-electron chi connectivity index (χ1n) is 24.9. The van der Waals surface area contributed by atoms with Gasteiger partial charge in [0, 0.05) is 71.9 Å². The van der Waals surface area contributed by atoms with Crippen LogP contribution in [0.15, 0.2) is 83.8 Å². The van der Waals surface area contributed by atoms with Crippen molar-refractivity contribution in [1.29, 1.82) is 0 Å². The molecule has 6 N–H and O–H groups in total. The number of hydrogen-bond donors (Lipinski definition) is 6. The van der Waals surface area contributed by atoms with Crippen molar-refractivity contribution in [3.63, 3.8) is 0 Å². The van der Waals surface area contributed by atoms with Gasteiger partial charge in [0.2, 0.25) is 5.91 Å². The highest BCUT2D eigenvalue weighted by atomic mass is 32.2. The number of hydroxylamine groups is 2. The monoisotopic (exact) mass is 1130 g/mol. The fourth-order valence-corrected chi connectivity index (χ4v) is 9.48. The number of ether oxygens (including phenoxy) is 5. The minimum atomic E-state index is -4.65. The van der Waals surface area contributed by atoms with E-state index in [4.69, 9.17) is 28.5 Å². The van der Waals surface area contributed by atoms with Gasteiger partial charge in [-0.05, 0) is 47.2 Å². The summed E-state index contributed by atoms with van der Waals surface area (Å²) in [7, 11) is -4.65. The molecule has 0 aromatic heterocycles. The molecule has 0 spiro atoms. The Kier molecular flexibility index (Phi) is 28.8. The lowest BCUT2D eigenvalue weighted by Gasteiger charge is -2.35. The summed E-state index contributed by atoms with van der Waals surface area (Å²) in [5.41, 5.74) is 4.28. The summed E-state index contributed by atoms with van der Waals surface area (Å²) in [6.45, 7) is -0.222. The van der Waals surface area contributed by atoms with Crippen molar-refractivity contribution < 1.29 is 95.8 Å². The summed E-state index contributed by atoms with van der Waals surface area (Å²) in [6, 6.07) is 18.6. The van der Waals surface area contributed by atoms with Gasteiger partial charge >= 0.3 is 18.0 Å². The molecule has 28 nitrogen and oxygen atoms in total. The second-order valence-corrected chi connectivity index (χ2v) is 19.3. The van der Waals surface area contributed by atoms with Gasteiger partial charge in [-0.15, -0.1) is 0 Å². The maximum absolute atomic E-state index is 14.3. The molecular formula is C50H68N8O20S. The number of benzene rings is 3. The Bertz CT molecular complexity index is 2460. The Morgan fingerprint density at radius 3 is 1.86 bits per heavy atom. The number of aliphatic carboxylic acids is 2. The van der Waals surface area contributed by atoms with E-state index in [0.717, 1.165) is 11.1 Å². The minimum Gasteiger partial charge on any atom is -0.480 e. The van der Waals surface area contributed by atoms with Crippen LogP contribution in [0.4, 0.5) is 4.79 Å². The average molecular weight is 1130 g/mol. The number of nitrogens with zero attached hydrogens (tertiary/aromatic N) is 6. The first-order chi connectivity index (χ1) is 38.1. The maximum Gasteiger partial charge on any atom is 0.407 e. The lowest BCUT2D eigenvalue weighted by atomic mass is 10.0. The molecule has 1 aliphatic rings. The normalized spacial score (nSPS) is 13.6. The fraction of sp³-hybridized carbons (Fsp3) is 0.480. The van der Waals surface area contributed by atoms with Crippen molar-refractivity contribution in [3.05, 3.63) is 90.0 Å². The molecule has 0 radical (unpaired) electrons. The van der Waals surface area contributed by atoms with Crippen LogP contribution in [0, 0.1) is 0 Å². The summed E-state index contributed by atoms with van der Waals surface area (Å²) in [6.07, 6.45) is -1.54. The Balaban J connectivity index is 1.34. The second-order valence-electron chi connectivity index (χ2n) is 17.5. The molecule has 1 heterocycles. The van der Waals surface area contributed by atoms with Gasteiger partial charge in [-0.25, -0.2) is 23.6 Å². The van der Waals surface area contributed by atoms with E-state index in [9.17, 15) is 67.3 Å². The van der Waals surface area contributed by atoms with Gasteiger partial charge in [-0.2, -0.15) is 0 Å². The van der Waals surface area contributed by atoms with E-state index in [1.165, 1.54) is 32.3 Å². The van der Waals surface area contributed by atoms with E-state index in [1.807, 2.05) is 4.90 Å². The number of hydrogen-bond acceptors (Lipinski definition) is 22. The molecule has 3 aromatic rings. The molecular weight excluding hydrogens is 1060 g/mol. The molecule has 1 saturated heterocycles. The van der Waals surface area contributed by atoms with Crippen molar-refractivity contribution in [2.24, 2.45) is 0 Å². The van der Waals surface area contributed by atoms with Crippen LogP contribution >= 0.6 is 0 Å². The van der Waals surface area contributed by atoms with Crippen LogP contribution in [-0.2, 0) is 85.3 Å². The molecule has 434 valence electrons. The summed E-state index contributed by atoms with van der Waals surface area (Å²) < 4.78 is 54.3. The Morgan fingerprint density at radius 2 is 1.29 bits per heavy atom. The number of carboxylic acid groups (broad SMARTS) is 2. The number of aliphatic hydroxyl groups is 1. The smallest absolute Gasteiger partial charge is 0.407 e. The highest BCUT2D eigenvalue weighted by molar-refractivity contribution is 7.89. The van der Waals surface area contributed by atoms with Gasteiger partial charge in [0.15, 0.2) is 0 Å². The predicted octanol–water partition coefficient (Wildman–Crippen LogP) is -0.265. The Hall–Kier alpha value is -7.19. The summed E-state index contributed by atoms with van der Waals surface area (Å²) >= 11 is 0. The zero-order chi connectivity index (χ0) is 57.4. The highest BCUT2D eigenvalue weighted by Gasteiger charge is 2.38. The number of sulfonamides is 1. The summed E-state index contributed by atoms with van der Waals surface area (Å²) in [5, 5.41) is 41.3. The topological polar surface area (TPSA) is 350 Å². The molecule has 3 aromatic carbocycles. The van der Waals surface area contributed by atoms with E-state index in [-0.39, 0.29) is 129 Å². The Morgan fingerprint density at radius 1 is 0.696 bits per heavy atom. The number of carbonyl (C=O) groups excluding carboxylic acids is 6. The number of amides is 3. The number of carbonyl (C=O) groups is 8. The van der Waals surface area contributed by atoms with Crippen LogP contribution in [0.2, 0.25) is 0 Å². The molecule has 3 amide bonds. The number of piperazine rings is 1. The van der Waals surface area contributed by atoms with Gasteiger partial charge in [-0.3, -0.25) is 58.3 Å². The van der Waals surface area contributed by atoms with Crippen LogP contribution in [-0.4, -0.2) is 231 Å². The first-order valence-corrected chi connectivity index (χ1v) is 26.3. The minimum absolute atomic E-state index is 0.0148. The first kappa shape index (κ1) is 64.3. The van der Waals surface area contributed by atoms with Gasteiger partial charge in [0.05, 0.1) is 37.9 Å². The van der Waals surface area contributed by atoms with Crippen LogP contribution in [0.3, 0.4) is 0 Å². The molecule has 0 bridgehead atoms. The number of aliphatic hydroxyl groups excluding tert-OH is 1. The number of rotatable bonds is 40. The quantitative estimate of drug-likeness (QED) is 0.0107. The molecule has 1 fully saturated rings.